The molecule has 1 aliphatic heterocycles. The lowest BCUT2D eigenvalue weighted by Gasteiger charge is -2.32. The summed E-state index contributed by atoms with van der Waals surface area (Å²) in [4.78, 5) is 12.9. The second-order valence-corrected chi connectivity index (χ2v) is 9.01. The van der Waals surface area contributed by atoms with Crippen LogP contribution in [0.1, 0.15) is 42.1 Å². The normalized spacial score (nSPS) is 17.9. The third kappa shape index (κ3) is 4.20. The molecule has 1 N–H and O–H groups in total. The van der Waals surface area contributed by atoms with Crippen LogP contribution in [0, 0.1) is 6.92 Å². The van der Waals surface area contributed by atoms with E-state index in [9.17, 15) is 13.2 Å². The Labute approximate surface area is 166 Å². The number of carbonyl (C=O) groups is 1. The fraction of sp³-hybridized carbons (Fsp3) is 0.381. The van der Waals surface area contributed by atoms with Crippen LogP contribution < -0.4 is 10.1 Å². The Morgan fingerprint density at radius 1 is 1.18 bits per heavy atom. The van der Waals surface area contributed by atoms with Crippen molar-refractivity contribution in [3.63, 3.8) is 0 Å². The summed E-state index contributed by atoms with van der Waals surface area (Å²) in [7, 11) is -2.08. The van der Waals surface area contributed by atoms with Crippen molar-refractivity contribution < 1.29 is 17.9 Å². The van der Waals surface area contributed by atoms with Crippen LogP contribution in [0.25, 0.3) is 0 Å². The van der Waals surface area contributed by atoms with Gasteiger partial charge in [-0.1, -0.05) is 18.6 Å². The number of ether oxygens (including phenoxy) is 1. The Morgan fingerprint density at radius 3 is 2.68 bits per heavy atom. The summed E-state index contributed by atoms with van der Waals surface area (Å²) in [6, 6.07) is 11.7. The minimum Gasteiger partial charge on any atom is -0.497 e. The number of piperidine rings is 1. The molecule has 1 amide bonds. The molecule has 2 aromatic rings. The van der Waals surface area contributed by atoms with Crippen LogP contribution in [0.5, 0.6) is 5.75 Å². The van der Waals surface area contributed by atoms with Gasteiger partial charge in [0, 0.05) is 29.9 Å². The van der Waals surface area contributed by atoms with Crippen LogP contribution in [0.15, 0.2) is 47.4 Å². The van der Waals surface area contributed by atoms with Crippen LogP contribution >= 0.6 is 0 Å². The number of sulfonamides is 1. The first-order valence-electron chi connectivity index (χ1n) is 9.41. The van der Waals surface area contributed by atoms with Crippen molar-refractivity contribution in [2.75, 3.05) is 19.0 Å². The standard InChI is InChI=1S/C21H26N2O4S/c1-15-10-11-19(28(25,26)23-12-5-4-7-16(23)2)14-20(15)21(24)22-17-8-6-9-18(13-17)27-3/h6,8-11,13-14,16H,4-5,7,12H2,1-3H3,(H,22,24). The number of carbonyl (C=O) groups excluding carboxylic acids is 1. The van der Waals surface area contributed by atoms with E-state index in [-0.39, 0.29) is 16.8 Å². The predicted molar refractivity (Wildman–Crippen MR) is 109 cm³/mol. The van der Waals surface area contributed by atoms with E-state index in [1.807, 2.05) is 6.92 Å². The highest BCUT2D eigenvalue weighted by Gasteiger charge is 2.31. The van der Waals surface area contributed by atoms with E-state index in [0.29, 0.717) is 29.1 Å². The molecule has 28 heavy (non-hydrogen) atoms. The molecule has 0 saturated carbocycles. The van der Waals surface area contributed by atoms with Crippen molar-refractivity contribution >= 4 is 21.6 Å². The second kappa shape index (κ2) is 8.32. The number of aryl methyl sites for hydroxylation is 1. The van der Waals surface area contributed by atoms with E-state index < -0.39 is 10.0 Å². The van der Waals surface area contributed by atoms with Gasteiger partial charge in [0.15, 0.2) is 0 Å². The topological polar surface area (TPSA) is 75.7 Å². The van der Waals surface area contributed by atoms with Gasteiger partial charge in [0.25, 0.3) is 5.91 Å². The molecule has 7 heteroatoms. The molecule has 0 aliphatic carbocycles. The highest BCUT2D eigenvalue weighted by Crippen LogP contribution is 2.27. The highest BCUT2D eigenvalue weighted by molar-refractivity contribution is 7.89. The number of hydrogen-bond donors (Lipinski definition) is 1. The molecule has 1 atom stereocenters. The lowest BCUT2D eigenvalue weighted by Crippen LogP contribution is -2.42. The molecule has 3 rings (SSSR count). The maximum Gasteiger partial charge on any atom is 0.255 e. The molecule has 1 saturated heterocycles. The minimum absolute atomic E-state index is 0.0332. The number of amides is 1. The quantitative estimate of drug-likeness (QED) is 0.825. The summed E-state index contributed by atoms with van der Waals surface area (Å²) in [6.07, 6.45) is 2.75. The van der Waals surface area contributed by atoms with Crippen LogP contribution in [-0.2, 0) is 10.0 Å². The molecule has 2 aromatic carbocycles. The number of methoxy groups -OCH3 is 1. The Bertz CT molecular complexity index is 972. The fourth-order valence-electron chi connectivity index (χ4n) is 3.47. The van der Waals surface area contributed by atoms with E-state index in [2.05, 4.69) is 5.32 Å². The first-order chi connectivity index (χ1) is 13.3. The number of nitrogens with zero attached hydrogens (tertiary/aromatic N) is 1. The maximum absolute atomic E-state index is 13.1. The van der Waals surface area contributed by atoms with Crippen molar-refractivity contribution in [3.8, 4) is 5.75 Å². The SMILES string of the molecule is COc1cccc(NC(=O)c2cc(S(=O)(=O)N3CCCCC3C)ccc2C)c1. The molecular formula is C21H26N2O4S. The molecule has 1 heterocycles. The fourth-order valence-corrected chi connectivity index (χ4v) is 5.20. The zero-order valence-electron chi connectivity index (χ0n) is 16.4. The van der Waals surface area contributed by atoms with E-state index in [4.69, 9.17) is 4.74 Å². The third-order valence-electron chi connectivity index (χ3n) is 5.13. The van der Waals surface area contributed by atoms with E-state index in [0.717, 1.165) is 19.3 Å². The number of anilines is 1. The summed E-state index contributed by atoms with van der Waals surface area (Å²) in [5.74, 6) is 0.277. The number of benzene rings is 2. The van der Waals surface area contributed by atoms with Gasteiger partial charge in [0.1, 0.15) is 5.75 Å². The average Bonchev–Trinajstić information content (AvgIpc) is 2.68. The van der Waals surface area contributed by atoms with Crippen LogP contribution in [-0.4, -0.2) is 38.3 Å². The Kier molecular flexibility index (Phi) is 6.05. The molecule has 1 fully saturated rings. The van der Waals surface area contributed by atoms with Crippen molar-refractivity contribution in [1.29, 1.82) is 0 Å². The van der Waals surface area contributed by atoms with Gasteiger partial charge < -0.3 is 10.1 Å². The van der Waals surface area contributed by atoms with Crippen molar-refractivity contribution in [2.45, 2.75) is 44.0 Å². The van der Waals surface area contributed by atoms with Gasteiger partial charge in [0.05, 0.1) is 12.0 Å². The number of hydrogen-bond acceptors (Lipinski definition) is 4. The first-order valence-corrected chi connectivity index (χ1v) is 10.8. The van der Waals surface area contributed by atoms with E-state index >= 15 is 0 Å². The van der Waals surface area contributed by atoms with Crippen molar-refractivity contribution in [3.05, 3.63) is 53.6 Å². The summed E-state index contributed by atoms with van der Waals surface area (Å²) in [5.41, 5.74) is 1.64. The molecule has 150 valence electrons. The van der Waals surface area contributed by atoms with E-state index in [1.54, 1.807) is 54.7 Å². The highest BCUT2D eigenvalue weighted by atomic mass is 32.2. The third-order valence-corrected chi connectivity index (χ3v) is 7.14. The summed E-state index contributed by atoms with van der Waals surface area (Å²) in [6.45, 7) is 4.24. The first kappa shape index (κ1) is 20.4. The van der Waals surface area contributed by atoms with E-state index in [1.165, 1.54) is 6.07 Å². The zero-order chi connectivity index (χ0) is 20.3. The van der Waals surface area contributed by atoms with Crippen LogP contribution in [0.2, 0.25) is 0 Å². The lowest BCUT2D eigenvalue weighted by molar-refractivity contribution is 0.102. The summed E-state index contributed by atoms with van der Waals surface area (Å²) < 4.78 is 32.9. The minimum atomic E-state index is -3.63. The average molecular weight is 403 g/mol. The monoisotopic (exact) mass is 402 g/mol. The lowest BCUT2D eigenvalue weighted by atomic mass is 10.1. The van der Waals surface area contributed by atoms with Crippen LogP contribution in [0.4, 0.5) is 5.69 Å². The van der Waals surface area contributed by atoms with Gasteiger partial charge in [-0.25, -0.2) is 8.42 Å². The molecule has 0 spiro atoms. The van der Waals surface area contributed by atoms with Gasteiger partial charge >= 0.3 is 0 Å². The maximum atomic E-state index is 13.1. The van der Waals surface area contributed by atoms with Crippen molar-refractivity contribution in [1.82, 2.24) is 4.31 Å². The number of nitrogens with one attached hydrogen (secondary N) is 1. The summed E-state index contributed by atoms with van der Waals surface area (Å²) in [5, 5.41) is 2.81. The molecule has 0 radical (unpaired) electrons. The molecule has 1 unspecified atom stereocenters. The van der Waals surface area contributed by atoms with Crippen LogP contribution in [0.3, 0.4) is 0 Å². The second-order valence-electron chi connectivity index (χ2n) is 7.12. The number of rotatable bonds is 5. The largest absolute Gasteiger partial charge is 0.497 e. The Balaban J connectivity index is 1.89. The van der Waals surface area contributed by atoms with Gasteiger partial charge in [0.2, 0.25) is 10.0 Å². The van der Waals surface area contributed by atoms with Crippen molar-refractivity contribution in [2.24, 2.45) is 0 Å². The molecular weight excluding hydrogens is 376 g/mol. The Morgan fingerprint density at radius 2 is 1.96 bits per heavy atom. The zero-order valence-corrected chi connectivity index (χ0v) is 17.3. The van der Waals surface area contributed by atoms with Gasteiger partial charge in [-0.2, -0.15) is 4.31 Å². The Hall–Kier alpha value is -2.38. The van der Waals surface area contributed by atoms with Gasteiger partial charge in [-0.05, 0) is 56.5 Å². The molecule has 6 nitrogen and oxygen atoms in total. The molecule has 0 bridgehead atoms. The van der Waals surface area contributed by atoms with Gasteiger partial charge in [-0.3, -0.25) is 4.79 Å². The summed E-state index contributed by atoms with van der Waals surface area (Å²) >= 11 is 0. The molecule has 1 aliphatic rings. The smallest absolute Gasteiger partial charge is 0.255 e. The predicted octanol–water partition coefficient (Wildman–Crippen LogP) is 3.82. The van der Waals surface area contributed by atoms with Gasteiger partial charge in [-0.15, -0.1) is 0 Å². The molecule has 0 aromatic heterocycles.